The molecule has 2 heterocycles. The second kappa shape index (κ2) is 9.19. The van der Waals surface area contributed by atoms with E-state index in [0.717, 1.165) is 41.9 Å². The van der Waals surface area contributed by atoms with Crippen molar-refractivity contribution in [2.45, 2.75) is 19.4 Å². The average molecular weight is 426 g/mol. The Morgan fingerprint density at radius 2 is 1.80 bits per heavy atom. The van der Waals surface area contributed by atoms with Crippen molar-refractivity contribution in [3.8, 4) is 22.6 Å². The van der Waals surface area contributed by atoms with Crippen LogP contribution in [0.4, 0.5) is 4.39 Å². The largest absolute Gasteiger partial charge is 0.338 e. The summed E-state index contributed by atoms with van der Waals surface area (Å²) in [5, 5.41) is 12.1. The summed E-state index contributed by atoms with van der Waals surface area (Å²) in [6.45, 7) is 1.44. The number of H-pyrrole nitrogens is 1. The minimum absolute atomic E-state index is 0.251. The number of hydrogen-bond acceptors (Lipinski definition) is 5. The molecule has 0 amide bonds. The molecule has 0 saturated heterocycles. The highest BCUT2D eigenvalue weighted by Crippen LogP contribution is 2.20. The van der Waals surface area contributed by atoms with E-state index in [1.54, 1.807) is 24.3 Å². The van der Waals surface area contributed by atoms with E-state index < -0.39 is 0 Å². The van der Waals surface area contributed by atoms with Crippen LogP contribution in [0, 0.1) is 5.82 Å². The SMILES string of the molecule is CN(CCCc1cc(-c2ccc(F)cc2)n[nH]1)Cc1nc(-c2ccc(Cl)cc2)no1. The Balaban J connectivity index is 1.26. The van der Waals surface area contributed by atoms with Crippen LogP contribution in [0.2, 0.25) is 5.02 Å². The van der Waals surface area contributed by atoms with Crippen molar-refractivity contribution in [1.29, 1.82) is 0 Å². The first kappa shape index (κ1) is 20.3. The fourth-order valence-corrected chi connectivity index (χ4v) is 3.27. The highest BCUT2D eigenvalue weighted by molar-refractivity contribution is 6.30. The Kier molecular flexibility index (Phi) is 6.21. The van der Waals surface area contributed by atoms with E-state index in [9.17, 15) is 4.39 Å². The van der Waals surface area contributed by atoms with Gasteiger partial charge in [0.15, 0.2) is 0 Å². The molecule has 30 heavy (non-hydrogen) atoms. The highest BCUT2D eigenvalue weighted by atomic mass is 35.5. The standard InChI is InChI=1S/C22H21ClFN5O/c1-29(14-21-25-22(28-30-21)16-4-8-17(23)9-5-16)12-2-3-19-13-20(27-26-19)15-6-10-18(24)11-7-15/h4-11,13H,2-3,12,14H2,1H3,(H,26,27). The molecule has 0 radical (unpaired) electrons. The normalized spacial score (nSPS) is 11.3. The minimum atomic E-state index is -0.251. The van der Waals surface area contributed by atoms with Gasteiger partial charge in [0.1, 0.15) is 5.82 Å². The van der Waals surface area contributed by atoms with Gasteiger partial charge >= 0.3 is 0 Å². The van der Waals surface area contributed by atoms with Gasteiger partial charge in [-0.1, -0.05) is 16.8 Å². The number of benzene rings is 2. The van der Waals surface area contributed by atoms with Gasteiger partial charge in [0, 0.05) is 21.8 Å². The van der Waals surface area contributed by atoms with Crippen LogP contribution in [0.1, 0.15) is 18.0 Å². The summed E-state index contributed by atoms with van der Waals surface area (Å²) < 4.78 is 18.4. The number of rotatable bonds is 8. The lowest BCUT2D eigenvalue weighted by atomic mass is 10.1. The van der Waals surface area contributed by atoms with Crippen LogP contribution in [0.5, 0.6) is 0 Å². The maximum absolute atomic E-state index is 13.1. The number of aryl methyl sites for hydroxylation is 1. The summed E-state index contributed by atoms with van der Waals surface area (Å²) in [6.07, 6.45) is 1.80. The van der Waals surface area contributed by atoms with Crippen molar-refractivity contribution in [3.63, 3.8) is 0 Å². The molecule has 6 nitrogen and oxygen atoms in total. The zero-order chi connectivity index (χ0) is 20.9. The lowest BCUT2D eigenvalue weighted by molar-refractivity contribution is 0.264. The van der Waals surface area contributed by atoms with Gasteiger partial charge in [-0.3, -0.25) is 10.00 Å². The number of aromatic nitrogens is 4. The van der Waals surface area contributed by atoms with E-state index in [4.69, 9.17) is 16.1 Å². The second-order valence-electron chi connectivity index (χ2n) is 7.15. The third-order valence-corrected chi connectivity index (χ3v) is 4.98. The molecule has 0 fully saturated rings. The lowest BCUT2D eigenvalue weighted by Crippen LogP contribution is -2.19. The quantitative estimate of drug-likeness (QED) is 0.431. The summed E-state index contributed by atoms with van der Waals surface area (Å²) in [5.41, 5.74) is 3.63. The van der Waals surface area contributed by atoms with Crippen molar-refractivity contribution in [1.82, 2.24) is 25.2 Å². The van der Waals surface area contributed by atoms with E-state index in [0.29, 0.717) is 23.3 Å². The molecule has 0 aliphatic carbocycles. The summed E-state index contributed by atoms with van der Waals surface area (Å²) in [5.74, 6) is 0.877. The molecule has 0 atom stereocenters. The van der Waals surface area contributed by atoms with Gasteiger partial charge in [-0.2, -0.15) is 10.1 Å². The number of nitrogens with zero attached hydrogens (tertiary/aromatic N) is 4. The molecule has 0 bridgehead atoms. The molecular weight excluding hydrogens is 405 g/mol. The van der Waals surface area contributed by atoms with Gasteiger partial charge < -0.3 is 4.52 Å². The molecule has 0 spiro atoms. The van der Waals surface area contributed by atoms with Crippen LogP contribution in [0.15, 0.2) is 59.1 Å². The highest BCUT2D eigenvalue weighted by Gasteiger charge is 2.11. The van der Waals surface area contributed by atoms with Crippen LogP contribution in [0.25, 0.3) is 22.6 Å². The Labute approximate surface area is 178 Å². The lowest BCUT2D eigenvalue weighted by Gasteiger charge is -2.13. The Morgan fingerprint density at radius 3 is 2.57 bits per heavy atom. The van der Waals surface area contributed by atoms with E-state index in [1.807, 2.05) is 25.2 Å². The van der Waals surface area contributed by atoms with Crippen LogP contribution < -0.4 is 0 Å². The van der Waals surface area contributed by atoms with Gasteiger partial charge in [0.2, 0.25) is 11.7 Å². The summed E-state index contributed by atoms with van der Waals surface area (Å²) >= 11 is 5.91. The van der Waals surface area contributed by atoms with Crippen molar-refractivity contribution < 1.29 is 8.91 Å². The Morgan fingerprint density at radius 1 is 1.07 bits per heavy atom. The molecule has 4 aromatic rings. The summed E-state index contributed by atoms with van der Waals surface area (Å²) in [7, 11) is 2.02. The second-order valence-corrected chi connectivity index (χ2v) is 7.58. The summed E-state index contributed by atoms with van der Waals surface area (Å²) in [4.78, 5) is 6.59. The molecule has 8 heteroatoms. The zero-order valence-electron chi connectivity index (χ0n) is 16.5. The van der Waals surface area contributed by atoms with Crippen LogP contribution in [-0.4, -0.2) is 38.8 Å². The Hall–Kier alpha value is -3.03. The molecule has 0 aliphatic rings. The maximum atomic E-state index is 13.1. The molecule has 1 N–H and O–H groups in total. The number of halogens is 2. The van der Waals surface area contributed by atoms with E-state index >= 15 is 0 Å². The first-order valence-corrected chi connectivity index (χ1v) is 10.0. The van der Waals surface area contributed by atoms with E-state index in [-0.39, 0.29) is 5.82 Å². The van der Waals surface area contributed by atoms with Crippen LogP contribution in [-0.2, 0) is 13.0 Å². The van der Waals surface area contributed by atoms with Gasteiger partial charge in [-0.15, -0.1) is 0 Å². The van der Waals surface area contributed by atoms with Crippen LogP contribution in [0.3, 0.4) is 0 Å². The number of hydrogen-bond donors (Lipinski definition) is 1. The van der Waals surface area contributed by atoms with Crippen molar-refractivity contribution >= 4 is 11.6 Å². The molecular formula is C22H21ClFN5O. The molecule has 0 saturated carbocycles. The van der Waals surface area contributed by atoms with Crippen molar-refractivity contribution in [2.24, 2.45) is 0 Å². The predicted octanol–water partition coefficient (Wildman–Crippen LogP) is 4.98. The average Bonchev–Trinajstić information content (AvgIpc) is 3.39. The topological polar surface area (TPSA) is 70.8 Å². The fourth-order valence-electron chi connectivity index (χ4n) is 3.14. The maximum Gasteiger partial charge on any atom is 0.241 e. The van der Waals surface area contributed by atoms with Gasteiger partial charge in [-0.25, -0.2) is 4.39 Å². The van der Waals surface area contributed by atoms with Crippen molar-refractivity contribution in [2.75, 3.05) is 13.6 Å². The molecule has 4 rings (SSSR count). The van der Waals surface area contributed by atoms with Gasteiger partial charge in [0.05, 0.1) is 12.2 Å². The monoisotopic (exact) mass is 425 g/mol. The number of nitrogens with one attached hydrogen (secondary N) is 1. The number of aromatic amines is 1. The molecule has 2 aromatic heterocycles. The zero-order valence-corrected chi connectivity index (χ0v) is 17.2. The molecule has 0 unspecified atom stereocenters. The predicted molar refractivity (Wildman–Crippen MR) is 113 cm³/mol. The first-order valence-electron chi connectivity index (χ1n) is 9.64. The third-order valence-electron chi connectivity index (χ3n) is 4.73. The fraction of sp³-hybridized carbons (Fsp3) is 0.227. The van der Waals surface area contributed by atoms with Crippen LogP contribution >= 0.6 is 11.6 Å². The van der Waals surface area contributed by atoms with E-state index in [2.05, 4.69) is 25.2 Å². The van der Waals surface area contributed by atoms with Crippen molar-refractivity contribution in [3.05, 3.63) is 77.0 Å². The van der Waals surface area contributed by atoms with Gasteiger partial charge in [-0.05, 0) is 81.0 Å². The smallest absolute Gasteiger partial charge is 0.241 e. The molecule has 0 aliphatic heterocycles. The molecule has 154 valence electrons. The Bertz CT molecular complexity index is 1090. The minimum Gasteiger partial charge on any atom is -0.338 e. The first-order chi connectivity index (χ1) is 14.6. The van der Waals surface area contributed by atoms with E-state index in [1.165, 1.54) is 12.1 Å². The summed E-state index contributed by atoms with van der Waals surface area (Å²) in [6, 6.07) is 15.7. The molecule has 2 aromatic carbocycles. The third kappa shape index (κ3) is 5.11. The van der Waals surface area contributed by atoms with Gasteiger partial charge in [0.25, 0.3) is 0 Å².